The molecule has 0 aliphatic carbocycles. The van der Waals surface area contributed by atoms with Crippen LogP contribution in [-0.2, 0) is 16.0 Å². The highest BCUT2D eigenvalue weighted by Crippen LogP contribution is 2.15. The number of benzene rings is 1. The Morgan fingerprint density at radius 1 is 1.26 bits per heavy atom. The van der Waals surface area contributed by atoms with Crippen LogP contribution in [-0.4, -0.2) is 72.6 Å². The number of rotatable bonds is 8. The zero-order valence-corrected chi connectivity index (χ0v) is 17.3. The van der Waals surface area contributed by atoms with Crippen LogP contribution in [0.3, 0.4) is 0 Å². The van der Waals surface area contributed by atoms with Crippen molar-refractivity contribution in [2.45, 2.75) is 31.7 Å². The number of likely N-dealkylation sites (N-methyl/N-ethyl adjacent to an activating group) is 1. The predicted octanol–water partition coefficient (Wildman–Crippen LogP) is 2.29. The Bertz CT molecular complexity index is 598. The molecule has 1 aromatic rings. The van der Waals surface area contributed by atoms with E-state index >= 15 is 0 Å². The van der Waals surface area contributed by atoms with Crippen LogP contribution in [0.15, 0.2) is 24.3 Å². The fourth-order valence-corrected chi connectivity index (χ4v) is 3.46. The molecule has 0 aromatic heterocycles. The summed E-state index contributed by atoms with van der Waals surface area (Å²) in [4.78, 5) is 27.1. The van der Waals surface area contributed by atoms with E-state index in [1.54, 1.807) is 0 Å². The number of hydrogen-bond donors (Lipinski definition) is 2. The summed E-state index contributed by atoms with van der Waals surface area (Å²) >= 11 is 5.87. The number of carbonyl (C=O) groups excluding carboxylic acids is 1. The molecule has 1 unspecified atom stereocenters. The standard InChI is InChI=1S/C19H28ClN3O3.ClH/c1-22(14-19(25)26)17-3-2-11-23(12-9-17)13-18(24)21-10-8-15-4-6-16(20)7-5-15;/h4-7,17H,2-3,8-14H2,1H3,(H,21,24)(H,25,26);1H. The maximum Gasteiger partial charge on any atom is 0.317 e. The molecule has 8 heteroatoms. The summed E-state index contributed by atoms with van der Waals surface area (Å²) in [7, 11) is 1.86. The molecule has 152 valence electrons. The lowest BCUT2D eigenvalue weighted by molar-refractivity contribution is -0.138. The molecule has 6 nitrogen and oxygen atoms in total. The van der Waals surface area contributed by atoms with Crippen LogP contribution in [0.25, 0.3) is 0 Å². The van der Waals surface area contributed by atoms with Crippen LogP contribution < -0.4 is 5.32 Å². The molecule has 0 radical (unpaired) electrons. The average molecular weight is 418 g/mol. The summed E-state index contributed by atoms with van der Waals surface area (Å²) in [5.74, 6) is -0.759. The average Bonchev–Trinajstić information content (AvgIpc) is 2.82. The topological polar surface area (TPSA) is 72.9 Å². The molecule has 2 N–H and O–H groups in total. The van der Waals surface area contributed by atoms with Crippen LogP contribution in [0.1, 0.15) is 24.8 Å². The van der Waals surface area contributed by atoms with Crippen molar-refractivity contribution in [3.05, 3.63) is 34.9 Å². The van der Waals surface area contributed by atoms with Gasteiger partial charge < -0.3 is 10.4 Å². The van der Waals surface area contributed by atoms with E-state index in [2.05, 4.69) is 10.2 Å². The van der Waals surface area contributed by atoms with Gasteiger partial charge in [0.2, 0.25) is 5.91 Å². The molecule has 1 aliphatic rings. The quantitative estimate of drug-likeness (QED) is 0.678. The molecule has 1 heterocycles. The van der Waals surface area contributed by atoms with E-state index in [1.807, 2.05) is 36.2 Å². The number of likely N-dealkylation sites (tertiary alicyclic amines) is 1. The van der Waals surface area contributed by atoms with Gasteiger partial charge in [0.05, 0.1) is 13.1 Å². The molecule has 1 fully saturated rings. The van der Waals surface area contributed by atoms with Crippen molar-refractivity contribution < 1.29 is 14.7 Å². The first-order valence-corrected chi connectivity index (χ1v) is 9.47. The summed E-state index contributed by atoms with van der Waals surface area (Å²) in [6, 6.07) is 7.92. The van der Waals surface area contributed by atoms with E-state index in [4.69, 9.17) is 16.7 Å². The zero-order chi connectivity index (χ0) is 18.9. The van der Waals surface area contributed by atoms with Crippen molar-refractivity contribution in [1.29, 1.82) is 0 Å². The number of nitrogens with zero attached hydrogens (tertiary/aromatic N) is 2. The van der Waals surface area contributed by atoms with Gasteiger partial charge in [-0.2, -0.15) is 0 Å². The Balaban J connectivity index is 0.00000364. The Labute approximate surface area is 172 Å². The Morgan fingerprint density at radius 2 is 1.96 bits per heavy atom. The van der Waals surface area contributed by atoms with E-state index in [9.17, 15) is 9.59 Å². The molecule has 0 saturated carbocycles. The second-order valence-electron chi connectivity index (χ2n) is 6.90. The second kappa shape index (κ2) is 12.2. The minimum absolute atomic E-state index is 0. The Hall–Kier alpha value is -1.34. The summed E-state index contributed by atoms with van der Waals surface area (Å²) in [6.45, 7) is 2.77. The van der Waals surface area contributed by atoms with Gasteiger partial charge in [-0.05, 0) is 57.0 Å². The molecular formula is C19H29Cl2N3O3. The van der Waals surface area contributed by atoms with Gasteiger partial charge in [-0.1, -0.05) is 23.7 Å². The number of aliphatic carboxylic acids is 1. The van der Waals surface area contributed by atoms with Crippen molar-refractivity contribution in [3.63, 3.8) is 0 Å². The highest BCUT2D eigenvalue weighted by Gasteiger charge is 2.22. The lowest BCUT2D eigenvalue weighted by atomic mass is 10.1. The minimum atomic E-state index is -0.798. The van der Waals surface area contributed by atoms with E-state index < -0.39 is 5.97 Å². The fraction of sp³-hybridized carbons (Fsp3) is 0.579. The monoisotopic (exact) mass is 417 g/mol. The van der Waals surface area contributed by atoms with Crippen LogP contribution in [0, 0.1) is 0 Å². The maximum atomic E-state index is 12.2. The van der Waals surface area contributed by atoms with E-state index in [0.717, 1.165) is 44.3 Å². The third kappa shape index (κ3) is 8.93. The molecule has 1 amide bonds. The number of amides is 1. The summed E-state index contributed by atoms with van der Waals surface area (Å²) in [5.41, 5.74) is 1.15. The molecule has 1 aromatic carbocycles. The van der Waals surface area contributed by atoms with Crippen molar-refractivity contribution in [2.24, 2.45) is 0 Å². The number of carboxylic acids is 1. The Morgan fingerprint density at radius 3 is 2.63 bits per heavy atom. The van der Waals surface area contributed by atoms with Gasteiger partial charge in [0.1, 0.15) is 0 Å². The smallest absolute Gasteiger partial charge is 0.317 e. The third-order valence-electron chi connectivity index (χ3n) is 4.81. The van der Waals surface area contributed by atoms with Crippen molar-refractivity contribution in [1.82, 2.24) is 15.1 Å². The van der Waals surface area contributed by atoms with Gasteiger partial charge >= 0.3 is 5.97 Å². The van der Waals surface area contributed by atoms with Crippen molar-refractivity contribution in [2.75, 3.05) is 39.8 Å². The number of hydrogen-bond acceptors (Lipinski definition) is 4. The van der Waals surface area contributed by atoms with Crippen molar-refractivity contribution in [3.8, 4) is 0 Å². The Kier molecular flexibility index (Phi) is 10.7. The second-order valence-corrected chi connectivity index (χ2v) is 7.33. The van der Waals surface area contributed by atoms with Crippen LogP contribution >= 0.6 is 24.0 Å². The molecule has 1 aliphatic heterocycles. The zero-order valence-electron chi connectivity index (χ0n) is 15.7. The lowest BCUT2D eigenvalue weighted by Crippen LogP contribution is -2.39. The molecule has 0 spiro atoms. The van der Waals surface area contributed by atoms with E-state index in [1.165, 1.54) is 0 Å². The normalized spacial score (nSPS) is 17.8. The molecule has 0 bridgehead atoms. The van der Waals surface area contributed by atoms with Gasteiger partial charge in [0.25, 0.3) is 0 Å². The molecule has 2 rings (SSSR count). The summed E-state index contributed by atoms with van der Waals surface area (Å²) < 4.78 is 0. The minimum Gasteiger partial charge on any atom is -0.480 e. The van der Waals surface area contributed by atoms with Gasteiger partial charge in [-0.25, -0.2) is 0 Å². The lowest BCUT2D eigenvalue weighted by Gasteiger charge is -2.25. The van der Waals surface area contributed by atoms with Gasteiger partial charge in [0, 0.05) is 24.2 Å². The van der Waals surface area contributed by atoms with Gasteiger partial charge in [-0.3, -0.25) is 19.4 Å². The molecular weight excluding hydrogens is 389 g/mol. The highest BCUT2D eigenvalue weighted by atomic mass is 35.5. The first-order chi connectivity index (χ1) is 12.4. The van der Waals surface area contributed by atoms with Crippen LogP contribution in [0.4, 0.5) is 0 Å². The SMILES string of the molecule is CN(CC(=O)O)C1CCCN(CC(=O)NCCc2ccc(Cl)cc2)CC1.Cl. The summed E-state index contributed by atoms with van der Waals surface area (Å²) in [5, 5.41) is 12.6. The molecule has 27 heavy (non-hydrogen) atoms. The van der Waals surface area contributed by atoms with Gasteiger partial charge in [0.15, 0.2) is 0 Å². The number of carbonyl (C=O) groups is 2. The predicted molar refractivity (Wildman–Crippen MR) is 110 cm³/mol. The molecule has 1 saturated heterocycles. The number of halogens is 2. The summed E-state index contributed by atoms with van der Waals surface area (Å²) in [6.07, 6.45) is 3.62. The largest absolute Gasteiger partial charge is 0.480 e. The first kappa shape index (κ1) is 23.7. The van der Waals surface area contributed by atoms with Crippen LogP contribution in [0.5, 0.6) is 0 Å². The number of nitrogens with one attached hydrogen (secondary N) is 1. The third-order valence-corrected chi connectivity index (χ3v) is 5.07. The van der Waals surface area contributed by atoms with Crippen LogP contribution in [0.2, 0.25) is 5.02 Å². The maximum absolute atomic E-state index is 12.2. The van der Waals surface area contributed by atoms with Crippen molar-refractivity contribution >= 4 is 35.9 Å². The fourth-order valence-electron chi connectivity index (χ4n) is 3.34. The first-order valence-electron chi connectivity index (χ1n) is 9.09. The van der Waals surface area contributed by atoms with E-state index in [-0.39, 0.29) is 30.9 Å². The number of carboxylic acid groups (broad SMARTS) is 1. The van der Waals surface area contributed by atoms with E-state index in [0.29, 0.717) is 18.1 Å². The highest BCUT2D eigenvalue weighted by molar-refractivity contribution is 6.30. The molecule has 1 atom stereocenters. The van der Waals surface area contributed by atoms with Gasteiger partial charge in [-0.15, -0.1) is 12.4 Å².